The van der Waals surface area contributed by atoms with Crippen LogP contribution < -0.4 is 5.12 Å². The molecule has 3 rings (SSSR count). The van der Waals surface area contributed by atoms with Crippen molar-refractivity contribution in [1.29, 1.82) is 0 Å². The highest BCUT2D eigenvalue weighted by Crippen LogP contribution is 2.45. The van der Waals surface area contributed by atoms with Gasteiger partial charge in [-0.2, -0.15) is 15.2 Å². The number of hydrogen-bond acceptors (Lipinski definition) is 4. The Labute approximate surface area is 163 Å². The molecule has 0 aromatic heterocycles. The van der Waals surface area contributed by atoms with Crippen molar-refractivity contribution in [2.45, 2.75) is 71.3 Å². The van der Waals surface area contributed by atoms with Gasteiger partial charge in [0.15, 0.2) is 0 Å². The van der Waals surface area contributed by atoms with Crippen molar-refractivity contribution in [1.82, 2.24) is 5.01 Å². The summed E-state index contributed by atoms with van der Waals surface area (Å²) in [6, 6.07) is 4.42. The summed E-state index contributed by atoms with van der Waals surface area (Å²) in [4.78, 5) is 0. The second-order valence-electron chi connectivity index (χ2n) is 8.94. The van der Waals surface area contributed by atoms with Gasteiger partial charge in [0.05, 0.1) is 11.8 Å². The van der Waals surface area contributed by atoms with Crippen LogP contribution in [0.4, 0.5) is 5.69 Å². The Kier molecular flexibility index (Phi) is 4.98. The molecule has 146 valence electrons. The minimum atomic E-state index is -0.114. The molecule has 0 fully saturated rings. The van der Waals surface area contributed by atoms with Gasteiger partial charge < -0.3 is 5.11 Å². The number of hydrogen-bond donors (Lipinski definition) is 1. The number of rotatable bonds is 5. The van der Waals surface area contributed by atoms with Crippen molar-refractivity contribution in [3.63, 3.8) is 0 Å². The van der Waals surface area contributed by atoms with E-state index in [0.717, 1.165) is 29.8 Å². The molecule has 2 aliphatic rings. The number of benzene rings is 1. The molecule has 4 heteroatoms. The number of fused-ring (bicyclic) bond motifs is 1. The van der Waals surface area contributed by atoms with Gasteiger partial charge in [0.25, 0.3) is 0 Å². The van der Waals surface area contributed by atoms with Gasteiger partial charge in [-0.25, -0.2) is 0 Å². The quantitative estimate of drug-likeness (QED) is 0.769. The molecule has 1 atom stereocenters. The number of phenolic OH excluding ortho intramolecular Hbond substituents is 1. The number of likely N-dealkylation sites (N-methyl/N-ethyl adjacent to an activating group) is 1. The first kappa shape index (κ1) is 19.7. The molecule has 0 amide bonds. The lowest BCUT2D eigenvalue weighted by Crippen LogP contribution is -2.39. The second kappa shape index (κ2) is 6.83. The van der Waals surface area contributed by atoms with Crippen LogP contribution in [0.2, 0.25) is 0 Å². The standard InChI is InChI=1S/C23H33N3O/c1-8-22(3,4)16-14-17(23(5,6)9-2)21(27)20(15-16)26-24-18-12-10-11-13-19(18)25(26)7/h10-15,19,27H,8-9H2,1-7H3. The SMILES string of the molecule is CCC(C)(C)c1cc(N2N=C3C=CC=CC3N2C)c(O)c(C(C)(C)CC)c1. The van der Waals surface area contributed by atoms with Crippen LogP contribution in [0.25, 0.3) is 0 Å². The summed E-state index contributed by atoms with van der Waals surface area (Å²) in [5.41, 5.74) is 3.90. The molecule has 1 heterocycles. The molecule has 0 saturated carbocycles. The maximum Gasteiger partial charge on any atom is 0.146 e. The lowest BCUT2D eigenvalue weighted by atomic mass is 9.76. The number of hydrazone groups is 1. The van der Waals surface area contributed by atoms with Crippen molar-refractivity contribution in [2.24, 2.45) is 5.10 Å². The number of hydrazine groups is 1. The van der Waals surface area contributed by atoms with E-state index in [1.54, 1.807) is 0 Å². The van der Waals surface area contributed by atoms with Crippen molar-refractivity contribution < 1.29 is 5.11 Å². The number of aromatic hydroxyl groups is 1. The predicted octanol–water partition coefficient (Wildman–Crippen LogP) is 5.28. The van der Waals surface area contributed by atoms with Crippen LogP contribution in [-0.2, 0) is 10.8 Å². The van der Waals surface area contributed by atoms with Crippen LogP contribution in [-0.4, -0.2) is 28.9 Å². The average molecular weight is 368 g/mol. The average Bonchev–Trinajstić information content (AvgIpc) is 2.98. The third kappa shape index (κ3) is 3.31. The first-order valence-corrected chi connectivity index (χ1v) is 9.96. The zero-order chi connectivity index (χ0) is 20.0. The van der Waals surface area contributed by atoms with Gasteiger partial charge in [-0.3, -0.25) is 0 Å². The van der Waals surface area contributed by atoms with Gasteiger partial charge in [-0.15, -0.1) is 0 Å². The van der Waals surface area contributed by atoms with Crippen LogP contribution in [0.1, 0.15) is 65.5 Å². The van der Waals surface area contributed by atoms with Crippen LogP contribution in [0.15, 0.2) is 41.5 Å². The Hall–Kier alpha value is -2.07. The molecule has 4 nitrogen and oxygen atoms in total. The van der Waals surface area contributed by atoms with Crippen molar-refractivity contribution in [3.05, 3.63) is 47.6 Å². The van der Waals surface area contributed by atoms with E-state index in [2.05, 4.69) is 64.8 Å². The lowest BCUT2D eigenvalue weighted by molar-refractivity contribution is 0.325. The molecule has 1 aliphatic heterocycles. The molecule has 1 N–H and O–H groups in total. The summed E-state index contributed by atoms with van der Waals surface area (Å²) in [6.07, 6.45) is 10.2. The highest BCUT2D eigenvalue weighted by atomic mass is 16.3. The van der Waals surface area contributed by atoms with E-state index in [1.807, 2.05) is 30.4 Å². The predicted molar refractivity (Wildman–Crippen MR) is 114 cm³/mol. The minimum Gasteiger partial charge on any atom is -0.505 e. The fourth-order valence-electron chi connectivity index (χ4n) is 3.52. The summed E-state index contributed by atoms with van der Waals surface area (Å²) in [5.74, 6) is 0.334. The minimum absolute atomic E-state index is 0.0268. The molecule has 1 aromatic rings. The lowest BCUT2D eigenvalue weighted by Gasteiger charge is -2.33. The molecule has 0 spiro atoms. The summed E-state index contributed by atoms with van der Waals surface area (Å²) >= 11 is 0. The third-order valence-corrected chi connectivity index (χ3v) is 6.47. The van der Waals surface area contributed by atoms with E-state index in [1.165, 1.54) is 5.56 Å². The topological polar surface area (TPSA) is 39.1 Å². The monoisotopic (exact) mass is 367 g/mol. The summed E-state index contributed by atoms with van der Waals surface area (Å²) in [6.45, 7) is 13.3. The van der Waals surface area contributed by atoms with Gasteiger partial charge >= 0.3 is 0 Å². The summed E-state index contributed by atoms with van der Waals surface area (Å²) in [7, 11) is 2.02. The smallest absolute Gasteiger partial charge is 0.146 e. The van der Waals surface area contributed by atoms with Crippen LogP contribution in [0, 0.1) is 0 Å². The van der Waals surface area contributed by atoms with Crippen LogP contribution >= 0.6 is 0 Å². The number of allylic oxidation sites excluding steroid dienone is 2. The van der Waals surface area contributed by atoms with E-state index >= 15 is 0 Å². The molecule has 0 radical (unpaired) electrons. The van der Waals surface area contributed by atoms with Gasteiger partial charge in [0.2, 0.25) is 0 Å². The zero-order valence-electron chi connectivity index (χ0n) is 17.7. The maximum atomic E-state index is 11.3. The first-order chi connectivity index (χ1) is 12.6. The normalized spacial score (nSPS) is 20.2. The first-order valence-electron chi connectivity index (χ1n) is 9.96. The Bertz CT molecular complexity index is 817. The molecular formula is C23H33N3O. The Balaban J connectivity index is 2.19. The number of phenols is 1. The van der Waals surface area contributed by atoms with E-state index in [0.29, 0.717) is 5.75 Å². The molecule has 0 bridgehead atoms. The van der Waals surface area contributed by atoms with Gasteiger partial charge in [0, 0.05) is 12.6 Å². The second-order valence-corrected chi connectivity index (χ2v) is 8.94. The van der Waals surface area contributed by atoms with Crippen molar-refractivity contribution >= 4 is 11.4 Å². The fraction of sp³-hybridized carbons (Fsp3) is 0.522. The molecule has 1 unspecified atom stereocenters. The Morgan fingerprint density at radius 3 is 2.30 bits per heavy atom. The molecule has 0 saturated heterocycles. The van der Waals surface area contributed by atoms with Gasteiger partial charge in [0.1, 0.15) is 11.4 Å². The van der Waals surface area contributed by atoms with Gasteiger partial charge in [-0.1, -0.05) is 65.8 Å². The molecule has 1 aromatic carbocycles. The van der Waals surface area contributed by atoms with Crippen LogP contribution in [0.3, 0.4) is 0 Å². The van der Waals surface area contributed by atoms with Crippen molar-refractivity contribution in [2.75, 3.05) is 12.2 Å². The largest absolute Gasteiger partial charge is 0.505 e. The number of anilines is 1. The Morgan fingerprint density at radius 2 is 1.70 bits per heavy atom. The van der Waals surface area contributed by atoms with E-state index < -0.39 is 0 Å². The maximum absolute atomic E-state index is 11.3. The van der Waals surface area contributed by atoms with Crippen LogP contribution in [0.5, 0.6) is 5.75 Å². The van der Waals surface area contributed by atoms with Crippen molar-refractivity contribution in [3.8, 4) is 5.75 Å². The fourth-order valence-corrected chi connectivity index (χ4v) is 3.52. The molecule has 1 aliphatic carbocycles. The highest BCUT2D eigenvalue weighted by Gasteiger charge is 2.35. The molecular weight excluding hydrogens is 334 g/mol. The molecule has 27 heavy (non-hydrogen) atoms. The van der Waals surface area contributed by atoms with Gasteiger partial charge in [-0.05, 0) is 41.4 Å². The Morgan fingerprint density at radius 1 is 1.04 bits per heavy atom. The van der Waals surface area contributed by atoms with E-state index in [4.69, 9.17) is 5.10 Å². The third-order valence-electron chi connectivity index (χ3n) is 6.47. The highest BCUT2D eigenvalue weighted by molar-refractivity contribution is 6.03. The van der Waals surface area contributed by atoms with E-state index in [-0.39, 0.29) is 16.9 Å². The summed E-state index contributed by atoms with van der Waals surface area (Å²) in [5, 5.41) is 20.0. The van der Waals surface area contributed by atoms with E-state index in [9.17, 15) is 5.11 Å². The number of nitrogens with zero attached hydrogens (tertiary/aromatic N) is 3. The summed E-state index contributed by atoms with van der Waals surface area (Å²) < 4.78 is 0. The zero-order valence-corrected chi connectivity index (χ0v) is 17.7.